The number of Topliss-reactive ketones (excluding diaryl/α,β-unsaturated/α-hetero) is 1. The average molecular weight is 308 g/mol. The molecule has 0 radical (unpaired) electrons. The van der Waals surface area contributed by atoms with Crippen LogP contribution in [-0.4, -0.2) is 10.8 Å². The number of aryl methyl sites for hydroxylation is 1. The van der Waals surface area contributed by atoms with Gasteiger partial charge in [-0.3, -0.25) is 9.78 Å². The van der Waals surface area contributed by atoms with Gasteiger partial charge in [0.15, 0.2) is 0 Å². The second-order valence-corrected chi connectivity index (χ2v) is 5.47. The molecule has 0 saturated heterocycles. The molecular formula is C16H15Cl2NO. The third-order valence-corrected chi connectivity index (χ3v) is 3.80. The van der Waals surface area contributed by atoms with E-state index in [-0.39, 0.29) is 5.78 Å². The summed E-state index contributed by atoms with van der Waals surface area (Å²) in [6, 6.07) is 9.18. The molecule has 4 heteroatoms. The van der Waals surface area contributed by atoms with E-state index in [0.29, 0.717) is 22.9 Å². The molecule has 1 aromatic heterocycles. The molecule has 1 heterocycles. The van der Waals surface area contributed by atoms with Crippen molar-refractivity contribution in [1.82, 2.24) is 4.98 Å². The zero-order valence-electron chi connectivity index (χ0n) is 11.2. The lowest BCUT2D eigenvalue weighted by molar-refractivity contribution is -0.117. The lowest BCUT2D eigenvalue weighted by Gasteiger charge is -2.04. The van der Waals surface area contributed by atoms with Crippen molar-refractivity contribution in [3.8, 4) is 0 Å². The smallest absolute Gasteiger partial charge is 0.143 e. The maximum absolute atomic E-state index is 12.0. The summed E-state index contributed by atoms with van der Waals surface area (Å²) in [4.78, 5) is 16.3. The van der Waals surface area contributed by atoms with Crippen molar-refractivity contribution in [2.24, 2.45) is 0 Å². The minimum atomic E-state index is 0.111. The van der Waals surface area contributed by atoms with E-state index in [1.807, 2.05) is 24.4 Å². The topological polar surface area (TPSA) is 30.0 Å². The zero-order chi connectivity index (χ0) is 14.5. The fourth-order valence-corrected chi connectivity index (χ4v) is 2.23. The molecule has 2 aromatic rings. The van der Waals surface area contributed by atoms with E-state index in [0.717, 1.165) is 17.7 Å². The first-order valence-electron chi connectivity index (χ1n) is 6.48. The molecule has 2 nitrogen and oxygen atoms in total. The number of carbonyl (C=O) groups is 1. The summed E-state index contributed by atoms with van der Waals surface area (Å²) in [6.07, 6.45) is 3.45. The number of carbonyl (C=O) groups excluding carboxylic acids is 1. The predicted molar refractivity (Wildman–Crippen MR) is 82.5 cm³/mol. The highest BCUT2D eigenvalue weighted by molar-refractivity contribution is 6.42. The molecule has 0 atom stereocenters. The lowest BCUT2D eigenvalue weighted by Crippen LogP contribution is -2.08. The Hall–Kier alpha value is -1.38. The molecular weight excluding hydrogens is 293 g/mol. The van der Waals surface area contributed by atoms with Crippen molar-refractivity contribution in [2.75, 3.05) is 0 Å². The molecule has 1 aromatic carbocycles. The van der Waals surface area contributed by atoms with Crippen LogP contribution in [0.25, 0.3) is 0 Å². The van der Waals surface area contributed by atoms with Crippen LogP contribution in [0.1, 0.15) is 23.7 Å². The average Bonchev–Trinajstić information content (AvgIpc) is 2.44. The van der Waals surface area contributed by atoms with Gasteiger partial charge in [-0.2, -0.15) is 0 Å². The number of benzene rings is 1. The van der Waals surface area contributed by atoms with Gasteiger partial charge in [-0.1, -0.05) is 42.3 Å². The normalized spacial score (nSPS) is 10.6. The molecule has 0 bridgehead atoms. The van der Waals surface area contributed by atoms with Gasteiger partial charge >= 0.3 is 0 Å². The maximum Gasteiger partial charge on any atom is 0.143 e. The first-order valence-corrected chi connectivity index (χ1v) is 7.23. The van der Waals surface area contributed by atoms with E-state index in [4.69, 9.17) is 23.2 Å². The Kier molecular flexibility index (Phi) is 5.16. The van der Waals surface area contributed by atoms with Gasteiger partial charge in [-0.25, -0.2) is 0 Å². The Morgan fingerprint density at radius 1 is 1.05 bits per heavy atom. The van der Waals surface area contributed by atoms with Gasteiger partial charge in [0, 0.05) is 24.7 Å². The van der Waals surface area contributed by atoms with E-state index in [9.17, 15) is 4.79 Å². The molecule has 0 saturated carbocycles. The third-order valence-electron chi connectivity index (χ3n) is 3.06. The Labute approximate surface area is 128 Å². The standard InChI is InChI=1S/C16H15Cl2NO/c1-2-11-3-5-13(19-10-11)9-14(20)7-12-4-6-15(17)16(18)8-12/h3-6,8,10H,2,7,9H2,1H3. The minimum absolute atomic E-state index is 0.111. The molecule has 104 valence electrons. The summed E-state index contributed by atoms with van der Waals surface area (Å²) >= 11 is 11.8. The van der Waals surface area contributed by atoms with Crippen LogP contribution in [0.15, 0.2) is 36.5 Å². The number of ketones is 1. The number of hydrogen-bond acceptors (Lipinski definition) is 2. The van der Waals surface area contributed by atoms with Crippen molar-refractivity contribution in [1.29, 1.82) is 0 Å². The fraction of sp³-hybridized carbons (Fsp3) is 0.250. The first kappa shape index (κ1) is 15.0. The number of aromatic nitrogens is 1. The zero-order valence-corrected chi connectivity index (χ0v) is 12.7. The Morgan fingerprint density at radius 3 is 2.40 bits per heavy atom. The quantitative estimate of drug-likeness (QED) is 0.824. The molecule has 0 aliphatic carbocycles. The Morgan fingerprint density at radius 2 is 1.80 bits per heavy atom. The lowest BCUT2D eigenvalue weighted by atomic mass is 10.1. The number of halogens is 2. The summed E-state index contributed by atoms with van der Waals surface area (Å²) in [7, 11) is 0. The van der Waals surface area contributed by atoms with Crippen molar-refractivity contribution < 1.29 is 4.79 Å². The fourth-order valence-electron chi connectivity index (χ4n) is 1.91. The number of nitrogens with zero attached hydrogens (tertiary/aromatic N) is 1. The van der Waals surface area contributed by atoms with E-state index in [1.54, 1.807) is 12.1 Å². The van der Waals surface area contributed by atoms with Gasteiger partial charge in [0.1, 0.15) is 5.78 Å². The highest BCUT2D eigenvalue weighted by atomic mass is 35.5. The molecule has 0 spiro atoms. The first-order chi connectivity index (χ1) is 9.58. The predicted octanol–water partition coefficient (Wildman–Crippen LogP) is 4.31. The summed E-state index contributed by atoms with van der Waals surface area (Å²) < 4.78 is 0. The van der Waals surface area contributed by atoms with Crippen LogP contribution in [0.5, 0.6) is 0 Å². The molecule has 20 heavy (non-hydrogen) atoms. The Balaban J connectivity index is 1.99. The highest BCUT2D eigenvalue weighted by Gasteiger charge is 2.08. The van der Waals surface area contributed by atoms with Crippen molar-refractivity contribution in [3.05, 3.63) is 63.4 Å². The van der Waals surface area contributed by atoms with Crippen molar-refractivity contribution >= 4 is 29.0 Å². The SMILES string of the molecule is CCc1ccc(CC(=O)Cc2ccc(Cl)c(Cl)c2)nc1. The van der Waals surface area contributed by atoms with Crippen LogP contribution < -0.4 is 0 Å². The van der Waals surface area contributed by atoms with Crippen molar-refractivity contribution in [3.63, 3.8) is 0 Å². The van der Waals surface area contributed by atoms with E-state index >= 15 is 0 Å². The molecule has 0 unspecified atom stereocenters. The second-order valence-electron chi connectivity index (χ2n) is 4.65. The maximum atomic E-state index is 12.0. The molecule has 0 aliphatic rings. The van der Waals surface area contributed by atoms with Gasteiger partial charge in [0.25, 0.3) is 0 Å². The third kappa shape index (κ3) is 4.06. The van der Waals surface area contributed by atoms with E-state index in [1.165, 1.54) is 5.56 Å². The van der Waals surface area contributed by atoms with Gasteiger partial charge in [-0.15, -0.1) is 0 Å². The van der Waals surface area contributed by atoms with Gasteiger partial charge in [-0.05, 0) is 35.7 Å². The minimum Gasteiger partial charge on any atom is -0.299 e. The van der Waals surface area contributed by atoms with Crippen LogP contribution in [0.4, 0.5) is 0 Å². The largest absolute Gasteiger partial charge is 0.299 e. The molecule has 0 N–H and O–H groups in total. The summed E-state index contributed by atoms with van der Waals surface area (Å²) in [6.45, 7) is 2.08. The number of rotatable bonds is 5. The van der Waals surface area contributed by atoms with Gasteiger partial charge < -0.3 is 0 Å². The summed E-state index contributed by atoms with van der Waals surface area (Å²) in [5.41, 5.74) is 2.84. The van der Waals surface area contributed by atoms with Crippen LogP contribution in [0, 0.1) is 0 Å². The number of hydrogen-bond donors (Lipinski definition) is 0. The van der Waals surface area contributed by atoms with Gasteiger partial charge in [0.05, 0.1) is 10.0 Å². The van der Waals surface area contributed by atoms with Crippen LogP contribution in [0.3, 0.4) is 0 Å². The molecule has 2 rings (SSSR count). The molecule has 0 fully saturated rings. The van der Waals surface area contributed by atoms with E-state index < -0.39 is 0 Å². The summed E-state index contributed by atoms with van der Waals surface area (Å²) in [5.74, 6) is 0.111. The van der Waals surface area contributed by atoms with Crippen LogP contribution >= 0.6 is 23.2 Å². The Bertz CT molecular complexity index is 608. The summed E-state index contributed by atoms with van der Waals surface area (Å²) in [5, 5.41) is 0.974. The number of pyridine rings is 1. The molecule has 0 amide bonds. The van der Waals surface area contributed by atoms with Gasteiger partial charge in [0.2, 0.25) is 0 Å². The van der Waals surface area contributed by atoms with E-state index in [2.05, 4.69) is 11.9 Å². The monoisotopic (exact) mass is 307 g/mol. The molecule has 0 aliphatic heterocycles. The highest BCUT2D eigenvalue weighted by Crippen LogP contribution is 2.23. The second kappa shape index (κ2) is 6.87. The van der Waals surface area contributed by atoms with Crippen molar-refractivity contribution in [2.45, 2.75) is 26.2 Å². The van der Waals surface area contributed by atoms with Crippen LogP contribution in [-0.2, 0) is 24.1 Å². The van der Waals surface area contributed by atoms with Crippen LogP contribution in [0.2, 0.25) is 10.0 Å².